The Bertz CT molecular complexity index is 233. The van der Waals surface area contributed by atoms with E-state index in [1.54, 1.807) is 11.3 Å². The molecule has 0 spiro atoms. The highest BCUT2D eigenvalue weighted by atomic mass is 32.1. The van der Waals surface area contributed by atoms with Crippen molar-refractivity contribution in [1.29, 1.82) is 0 Å². The largest absolute Gasteiger partial charge is 0.298 e. The predicted molar refractivity (Wildman–Crippen MR) is 51.2 cm³/mol. The van der Waals surface area contributed by atoms with Crippen molar-refractivity contribution < 1.29 is 0 Å². The van der Waals surface area contributed by atoms with Gasteiger partial charge in [0.2, 0.25) is 0 Å². The minimum Gasteiger partial charge on any atom is -0.298 e. The Morgan fingerprint density at radius 1 is 1.75 bits per heavy atom. The zero-order valence-corrected chi connectivity index (χ0v) is 8.18. The average Bonchev–Trinajstić information content (AvgIpc) is 2.63. The topological polar surface area (TPSA) is 16.1 Å². The minimum atomic E-state index is 0.887. The molecule has 1 aromatic heterocycles. The highest BCUT2D eigenvalue weighted by Crippen LogP contribution is 2.18. The molecule has 1 aliphatic rings. The summed E-state index contributed by atoms with van der Waals surface area (Å²) in [7, 11) is 0. The summed E-state index contributed by atoms with van der Waals surface area (Å²) < 4.78 is 0. The number of hydrogen-bond acceptors (Lipinski definition) is 3. The maximum absolute atomic E-state index is 4.08. The van der Waals surface area contributed by atoms with Gasteiger partial charge in [-0.3, -0.25) is 9.88 Å². The van der Waals surface area contributed by atoms with Gasteiger partial charge in [-0.25, -0.2) is 0 Å². The molecule has 2 rings (SSSR count). The summed E-state index contributed by atoms with van der Waals surface area (Å²) in [5.41, 5.74) is 1.91. The van der Waals surface area contributed by atoms with Gasteiger partial charge in [0, 0.05) is 24.2 Å². The van der Waals surface area contributed by atoms with Gasteiger partial charge in [-0.2, -0.15) is 0 Å². The van der Waals surface area contributed by atoms with Gasteiger partial charge in [0.25, 0.3) is 0 Å². The second-order valence-corrected chi connectivity index (χ2v) is 4.57. The highest BCUT2D eigenvalue weighted by molar-refractivity contribution is 7.09. The molecule has 0 amide bonds. The van der Waals surface area contributed by atoms with Crippen LogP contribution in [-0.2, 0) is 6.54 Å². The molecule has 0 unspecified atom stereocenters. The van der Waals surface area contributed by atoms with Crippen molar-refractivity contribution in [1.82, 2.24) is 9.88 Å². The molecule has 12 heavy (non-hydrogen) atoms. The summed E-state index contributed by atoms with van der Waals surface area (Å²) in [4.78, 5) is 7.98. The maximum Gasteiger partial charge on any atom is 0.0794 e. The first-order chi connectivity index (χ1) is 5.84. The van der Waals surface area contributed by atoms with Crippen LogP contribution in [0.4, 0.5) is 0 Å². The number of rotatable bonds is 2. The lowest BCUT2D eigenvalue weighted by atomic mass is 10.2. The Hall–Kier alpha value is -0.410. The summed E-state index contributed by atoms with van der Waals surface area (Å²) in [5, 5.41) is 0. The van der Waals surface area contributed by atoms with Gasteiger partial charge < -0.3 is 0 Å². The Kier molecular flexibility index (Phi) is 2.42. The Labute approximate surface area is 77.2 Å². The molecule has 0 aromatic carbocycles. The maximum atomic E-state index is 4.08. The first-order valence-electron chi connectivity index (χ1n) is 4.44. The lowest BCUT2D eigenvalue weighted by Crippen LogP contribution is -2.18. The average molecular weight is 182 g/mol. The fourth-order valence-corrected chi connectivity index (χ4v) is 2.35. The SMILES string of the molecule is C[C@H]1CCN(Cc2cncs2)C1. The van der Waals surface area contributed by atoms with Crippen LogP contribution >= 0.6 is 11.3 Å². The number of likely N-dealkylation sites (tertiary alicyclic amines) is 1. The van der Waals surface area contributed by atoms with E-state index in [0.717, 1.165) is 12.5 Å². The van der Waals surface area contributed by atoms with Crippen LogP contribution in [0.5, 0.6) is 0 Å². The van der Waals surface area contributed by atoms with E-state index in [2.05, 4.69) is 16.8 Å². The van der Waals surface area contributed by atoms with Crippen LogP contribution in [0.2, 0.25) is 0 Å². The Balaban J connectivity index is 1.88. The zero-order valence-electron chi connectivity index (χ0n) is 7.36. The second-order valence-electron chi connectivity index (χ2n) is 3.60. The quantitative estimate of drug-likeness (QED) is 0.695. The van der Waals surface area contributed by atoms with Gasteiger partial charge >= 0.3 is 0 Å². The summed E-state index contributed by atoms with van der Waals surface area (Å²) in [6, 6.07) is 0. The third-order valence-corrected chi connectivity index (χ3v) is 3.14. The molecular weight excluding hydrogens is 168 g/mol. The predicted octanol–water partition coefficient (Wildman–Crippen LogP) is 1.98. The van der Waals surface area contributed by atoms with Crippen molar-refractivity contribution in [3.8, 4) is 0 Å². The fourth-order valence-electron chi connectivity index (χ4n) is 1.71. The summed E-state index contributed by atoms with van der Waals surface area (Å²) in [6.45, 7) is 5.96. The van der Waals surface area contributed by atoms with Crippen LogP contribution in [0.15, 0.2) is 11.7 Å². The number of hydrogen-bond donors (Lipinski definition) is 0. The first-order valence-corrected chi connectivity index (χ1v) is 5.32. The monoisotopic (exact) mass is 182 g/mol. The van der Waals surface area contributed by atoms with Gasteiger partial charge in [0.1, 0.15) is 0 Å². The minimum absolute atomic E-state index is 0.887. The van der Waals surface area contributed by atoms with Crippen molar-refractivity contribution >= 4 is 11.3 Å². The highest BCUT2D eigenvalue weighted by Gasteiger charge is 2.18. The van der Waals surface area contributed by atoms with Crippen molar-refractivity contribution in [2.45, 2.75) is 19.9 Å². The van der Waals surface area contributed by atoms with Crippen LogP contribution in [0.3, 0.4) is 0 Å². The number of nitrogens with zero attached hydrogens (tertiary/aromatic N) is 2. The lowest BCUT2D eigenvalue weighted by molar-refractivity contribution is 0.323. The third kappa shape index (κ3) is 1.84. The normalized spacial score (nSPS) is 24.9. The van der Waals surface area contributed by atoms with Crippen molar-refractivity contribution in [2.24, 2.45) is 5.92 Å². The molecule has 2 heterocycles. The van der Waals surface area contributed by atoms with Crippen LogP contribution in [0.25, 0.3) is 0 Å². The van der Waals surface area contributed by atoms with E-state index in [4.69, 9.17) is 0 Å². The molecule has 66 valence electrons. The lowest BCUT2D eigenvalue weighted by Gasteiger charge is -2.12. The number of thiazole rings is 1. The van der Waals surface area contributed by atoms with Crippen molar-refractivity contribution in [3.63, 3.8) is 0 Å². The van der Waals surface area contributed by atoms with E-state index in [1.807, 2.05) is 11.7 Å². The van der Waals surface area contributed by atoms with Gasteiger partial charge in [-0.1, -0.05) is 6.92 Å². The molecule has 1 aliphatic heterocycles. The molecule has 1 fully saturated rings. The van der Waals surface area contributed by atoms with Crippen LogP contribution in [0.1, 0.15) is 18.2 Å². The van der Waals surface area contributed by atoms with E-state index in [9.17, 15) is 0 Å². The molecule has 0 saturated carbocycles. The molecule has 3 heteroatoms. The standard InChI is InChI=1S/C9H14N2S/c1-8-2-3-11(5-8)6-9-4-10-7-12-9/h4,7-8H,2-3,5-6H2,1H3/t8-/m0/s1. The Morgan fingerprint density at radius 2 is 2.67 bits per heavy atom. The van der Waals surface area contributed by atoms with E-state index >= 15 is 0 Å². The van der Waals surface area contributed by atoms with Gasteiger partial charge in [0.15, 0.2) is 0 Å². The first kappa shape index (κ1) is 8.20. The molecule has 1 atom stereocenters. The number of aromatic nitrogens is 1. The second kappa shape index (κ2) is 3.54. The smallest absolute Gasteiger partial charge is 0.0794 e. The molecule has 1 aromatic rings. The summed E-state index contributed by atoms with van der Waals surface area (Å²) in [6.07, 6.45) is 3.34. The third-order valence-electron chi connectivity index (χ3n) is 2.37. The van der Waals surface area contributed by atoms with Crippen LogP contribution < -0.4 is 0 Å². The van der Waals surface area contributed by atoms with Crippen LogP contribution in [-0.4, -0.2) is 23.0 Å². The van der Waals surface area contributed by atoms with E-state index in [1.165, 1.54) is 24.4 Å². The van der Waals surface area contributed by atoms with Gasteiger partial charge in [-0.05, 0) is 18.9 Å². The summed E-state index contributed by atoms with van der Waals surface area (Å²) in [5.74, 6) is 0.887. The van der Waals surface area contributed by atoms with Gasteiger partial charge in [0.05, 0.1) is 5.51 Å². The molecular formula is C9H14N2S. The van der Waals surface area contributed by atoms with E-state index in [-0.39, 0.29) is 0 Å². The zero-order chi connectivity index (χ0) is 8.39. The van der Waals surface area contributed by atoms with Crippen molar-refractivity contribution in [2.75, 3.05) is 13.1 Å². The van der Waals surface area contributed by atoms with Crippen LogP contribution in [0, 0.1) is 5.92 Å². The molecule has 0 bridgehead atoms. The molecule has 0 aliphatic carbocycles. The molecule has 2 nitrogen and oxygen atoms in total. The summed E-state index contributed by atoms with van der Waals surface area (Å²) >= 11 is 1.76. The molecule has 0 radical (unpaired) electrons. The molecule has 1 saturated heterocycles. The van der Waals surface area contributed by atoms with E-state index < -0.39 is 0 Å². The Morgan fingerprint density at radius 3 is 3.25 bits per heavy atom. The molecule has 0 N–H and O–H groups in total. The van der Waals surface area contributed by atoms with Crippen molar-refractivity contribution in [3.05, 3.63) is 16.6 Å². The van der Waals surface area contributed by atoms with E-state index in [0.29, 0.717) is 0 Å². The van der Waals surface area contributed by atoms with Gasteiger partial charge in [-0.15, -0.1) is 11.3 Å². The fraction of sp³-hybridized carbons (Fsp3) is 0.667.